The van der Waals surface area contributed by atoms with Crippen LogP contribution in [0.2, 0.25) is 10.0 Å². The predicted octanol–water partition coefficient (Wildman–Crippen LogP) is 3.42. The van der Waals surface area contributed by atoms with E-state index in [0.717, 1.165) is 12.2 Å². The quantitative estimate of drug-likeness (QED) is 0.836. The molecular weight excluding hydrogens is 335 g/mol. The highest BCUT2D eigenvalue weighted by Gasteiger charge is 2.07. The number of rotatable bonds is 6. The Morgan fingerprint density at radius 1 is 1.13 bits per heavy atom. The second kappa shape index (κ2) is 8.15. The van der Waals surface area contributed by atoms with Crippen molar-refractivity contribution in [2.45, 2.75) is 0 Å². The summed E-state index contributed by atoms with van der Waals surface area (Å²) < 4.78 is 0. The molecule has 0 fully saturated rings. The lowest BCUT2D eigenvalue weighted by Crippen LogP contribution is -2.31. The number of carbonyl (C=O) groups is 1. The van der Waals surface area contributed by atoms with Crippen LogP contribution in [0, 0.1) is 0 Å². The third-order valence-corrected chi connectivity index (χ3v) is 3.79. The Balaban J connectivity index is 2.04. The lowest BCUT2D eigenvalue weighted by molar-refractivity contribution is 0.0950. The van der Waals surface area contributed by atoms with Crippen molar-refractivity contribution in [2.75, 3.05) is 32.5 Å². The molecule has 2 rings (SSSR count). The Hall–Kier alpha value is -1.82. The van der Waals surface area contributed by atoms with E-state index in [4.69, 9.17) is 23.2 Å². The molecule has 0 aliphatic rings. The highest BCUT2D eigenvalue weighted by Crippen LogP contribution is 2.26. The Morgan fingerprint density at radius 2 is 1.91 bits per heavy atom. The normalized spacial score (nSPS) is 10.7. The largest absolute Gasteiger partial charge is 0.354 e. The zero-order chi connectivity index (χ0) is 16.8. The highest BCUT2D eigenvalue weighted by atomic mass is 35.5. The van der Waals surface area contributed by atoms with Crippen molar-refractivity contribution >= 4 is 40.5 Å². The molecule has 1 aromatic heterocycles. The monoisotopic (exact) mass is 352 g/mol. The van der Waals surface area contributed by atoms with Crippen LogP contribution in [0.25, 0.3) is 0 Å². The number of nitrogens with zero attached hydrogens (tertiary/aromatic N) is 2. The smallest absolute Gasteiger partial charge is 0.252 e. The van der Waals surface area contributed by atoms with E-state index in [-0.39, 0.29) is 5.91 Å². The number of pyridine rings is 1. The number of hydrogen-bond acceptors (Lipinski definition) is 4. The van der Waals surface area contributed by atoms with Gasteiger partial charge in [-0.1, -0.05) is 23.2 Å². The van der Waals surface area contributed by atoms with E-state index < -0.39 is 0 Å². The third kappa shape index (κ3) is 5.39. The van der Waals surface area contributed by atoms with Crippen LogP contribution in [-0.4, -0.2) is 43.0 Å². The Kier molecular flexibility index (Phi) is 6.21. The van der Waals surface area contributed by atoms with Crippen molar-refractivity contribution in [3.05, 3.63) is 52.3 Å². The SMILES string of the molecule is CN(C)CCNC(=O)c1cncc(Nc2ccc(Cl)c(Cl)c2)c1. The van der Waals surface area contributed by atoms with Gasteiger partial charge in [-0.25, -0.2) is 0 Å². The number of anilines is 2. The van der Waals surface area contributed by atoms with Gasteiger partial charge in [0.15, 0.2) is 0 Å². The summed E-state index contributed by atoms with van der Waals surface area (Å²) in [5, 5.41) is 6.95. The van der Waals surface area contributed by atoms with Gasteiger partial charge in [0.1, 0.15) is 0 Å². The van der Waals surface area contributed by atoms with Gasteiger partial charge in [-0.3, -0.25) is 9.78 Å². The molecule has 0 bridgehead atoms. The molecular formula is C16H18Cl2N4O. The fraction of sp³-hybridized carbons (Fsp3) is 0.250. The zero-order valence-electron chi connectivity index (χ0n) is 12.9. The molecule has 5 nitrogen and oxygen atoms in total. The summed E-state index contributed by atoms with van der Waals surface area (Å²) in [4.78, 5) is 18.2. The zero-order valence-corrected chi connectivity index (χ0v) is 14.4. The molecule has 0 atom stereocenters. The summed E-state index contributed by atoms with van der Waals surface area (Å²) in [5.74, 6) is -0.155. The van der Waals surface area contributed by atoms with Crippen LogP contribution in [0.15, 0.2) is 36.7 Å². The molecule has 0 unspecified atom stereocenters. The molecule has 1 aromatic carbocycles. The van der Waals surface area contributed by atoms with Crippen LogP contribution in [0.3, 0.4) is 0 Å². The minimum atomic E-state index is -0.155. The first-order valence-electron chi connectivity index (χ1n) is 7.06. The molecule has 0 aliphatic carbocycles. The number of benzene rings is 1. The molecule has 7 heteroatoms. The molecule has 0 saturated heterocycles. The second-order valence-electron chi connectivity index (χ2n) is 5.28. The lowest BCUT2D eigenvalue weighted by atomic mass is 10.2. The maximum Gasteiger partial charge on any atom is 0.252 e. The van der Waals surface area contributed by atoms with Gasteiger partial charge in [-0.15, -0.1) is 0 Å². The molecule has 23 heavy (non-hydrogen) atoms. The molecule has 0 aliphatic heterocycles. The van der Waals surface area contributed by atoms with E-state index >= 15 is 0 Å². The number of carbonyl (C=O) groups excluding carboxylic acids is 1. The lowest BCUT2D eigenvalue weighted by Gasteiger charge is -2.11. The third-order valence-electron chi connectivity index (χ3n) is 3.05. The van der Waals surface area contributed by atoms with Crippen molar-refractivity contribution in [1.82, 2.24) is 15.2 Å². The number of likely N-dealkylation sites (N-methyl/N-ethyl adjacent to an activating group) is 1. The molecule has 122 valence electrons. The number of nitrogens with one attached hydrogen (secondary N) is 2. The number of halogens is 2. The maximum absolute atomic E-state index is 12.1. The maximum atomic E-state index is 12.1. The van der Waals surface area contributed by atoms with Crippen molar-refractivity contribution in [3.8, 4) is 0 Å². The summed E-state index contributed by atoms with van der Waals surface area (Å²) in [6, 6.07) is 6.96. The van der Waals surface area contributed by atoms with Gasteiger partial charge in [-0.05, 0) is 38.4 Å². The van der Waals surface area contributed by atoms with Gasteiger partial charge in [0, 0.05) is 25.0 Å². The molecule has 0 radical (unpaired) electrons. The Labute approximate surface area is 145 Å². The summed E-state index contributed by atoms with van der Waals surface area (Å²) >= 11 is 11.9. The topological polar surface area (TPSA) is 57.3 Å². The van der Waals surface area contributed by atoms with Crippen LogP contribution in [0.4, 0.5) is 11.4 Å². The van der Waals surface area contributed by atoms with Crippen molar-refractivity contribution in [2.24, 2.45) is 0 Å². The van der Waals surface area contributed by atoms with Crippen LogP contribution in [0.5, 0.6) is 0 Å². The van der Waals surface area contributed by atoms with Gasteiger partial charge in [-0.2, -0.15) is 0 Å². The van der Waals surface area contributed by atoms with Gasteiger partial charge in [0.25, 0.3) is 5.91 Å². The fourth-order valence-corrected chi connectivity index (χ4v) is 2.17. The summed E-state index contributed by atoms with van der Waals surface area (Å²) in [6.45, 7) is 1.36. The first-order valence-corrected chi connectivity index (χ1v) is 7.81. The summed E-state index contributed by atoms with van der Waals surface area (Å²) in [5.41, 5.74) is 1.96. The van der Waals surface area contributed by atoms with E-state index in [1.54, 1.807) is 30.5 Å². The van der Waals surface area contributed by atoms with Crippen LogP contribution >= 0.6 is 23.2 Å². The molecule has 2 aromatic rings. The first-order chi connectivity index (χ1) is 11.0. The van der Waals surface area contributed by atoms with E-state index in [2.05, 4.69) is 15.6 Å². The highest BCUT2D eigenvalue weighted by molar-refractivity contribution is 6.42. The average molecular weight is 353 g/mol. The predicted molar refractivity (Wildman–Crippen MR) is 94.9 cm³/mol. The van der Waals surface area contributed by atoms with E-state index in [1.165, 1.54) is 6.20 Å². The first kappa shape index (κ1) is 17.5. The standard InChI is InChI=1S/C16H18Cl2N4O/c1-22(2)6-5-20-16(23)11-7-13(10-19-9-11)21-12-3-4-14(17)15(18)8-12/h3-4,7-10,21H,5-6H2,1-2H3,(H,20,23). The second-order valence-corrected chi connectivity index (χ2v) is 6.09. The van der Waals surface area contributed by atoms with Gasteiger partial charge in [0.2, 0.25) is 0 Å². The number of aromatic nitrogens is 1. The van der Waals surface area contributed by atoms with Crippen molar-refractivity contribution in [3.63, 3.8) is 0 Å². The minimum Gasteiger partial charge on any atom is -0.354 e. The molecule has 1 amide bonds. The van der Waals surface area contributed by atoms with Crippen LogP contribution in [0.1, 0.15) is 10.4 Å². The number of hydrogen-bond donors (Lipinski definition) is 2. The minimum absolute atomic E-state index is 0.155. The summed E-state index contributed by atoms with van der Waals surface area (Å²) in [6.07, 6.45) is 3.17. The van der Waals surface area contributed by atoms with Gasteiger partial charge in [0.05, 0.1) is 27.5 Å². The van der Waals surface area contributed by atoms with E-state index in [9.17, 15) is 4.79 Å². The molecule has 0 spiro atoms. The van der Waals surface area contributed by atoms with E-state index in [1.807, 2.05) is 19.0 Å². The molecule has 1 heterocycles. The van der Waals surface area contributed by atoms with Gasteiger partial charge < -0.3 is 15.5 Å². The molecule has 0 saturated carbocycles. The van der Waals surface area contributed by atoms with Gasteiger partial charge >= 0.3 is 0 Å². The van der Waals surface area contributed by atoms with Crippen molar-refractivity contribution in [1.29, 1.82) is 0 Å². The molecule has 2 N–H and O–H groups in total. The van der Waals surface area contributed by atoms with Crippen LogP contribution < -0.4 is 10.6 Å². The van der Waals surface area contributed by atoms with Crippen LogP contribution in [-0.2, 0) is 0 Å². The van der Waals surface area contributed by atoms with E-state index in [0.29, 0.717) is 27.8 Å². The van der Waals surface area contributed by atoms with Crippen molar-refractivity contribution < 1.29 is 4.79 Å². The summed E-state index contributed by atoms with van der Waals surface area (Å²) in [7, 11) is 3.91. The number of amides is 1. The Morgan fingerprint density at radius 3 is 2.61 bits per heavy atom. The fourth-order valence-electron chi connectivity index (χ4n) is 1.87. The Bertz CT molecular complexity index is 692. The average Bonchev–Trinajstić information content (AvgIpc) is 2.51.